The highest BCUT2D eigenvalue weighted by atomic mass is 32.2. The fourth-order valence-electron chi connectivity index (χ4n) is 4.02. The predicted molar refractivity (Wildman–Crippen MR) is 124 cm³/mol. The number of hydrogen-bond donors (Lipinski definition) is 0. The third-order valence-electron chi connectivity index (χ3n) is 5.75. The molecule has 0 saturated carbocycles. The van der Waals surface area contributed by atoms with Crippen LogP contribution in [0.2, 0.25) is 0 Å². The molecule has 1 fully saturated rings. The van der Waals surface area contributed by atoms with Crippen LogP contribution in [0, 0.1) is 0 Å². The molecule has 8 nitrogen and oxygen atoms in total. The van der Waals surface area contributed by atoms with Gasteiger partial charge >= 0.3 is 5.97 Å². The molecule has 0 spiro atoms. The fraction of sp³-hybridized carbons (Fsp3) is 0.417. The highest BCUT2D eigenvalue weighted by Gasteiger charge is 2.26. The van der Waals surface area contributed by atoms with Crippen LogP contribution in [0.3, 0.4) is 0 Å². The molecule has 1 aromatic heterocycles. The number of aryl methyl sites for hydroxylation is 1. The van der Waals surface area contributed by atoms with Gasteiger partial charge in [-0.15, -0.1) is 0 Å². The van der Waals surface area contributed by atoms with E-state index in [0.29, 0.717) is 36.7 Å². The molecule has 0 aliphatic carbocycles. The van der Waals surface area contributed by atoms with Crippen LogP contribution in [0.5, 0.6) is 5.75 Å². The second-order valence-electron chi connectivity index (χ2n) is 7.96. The first-order valence-corrected chi connectivity index (χ1v) is 12.8. The Labute approximate surface area is 194 Å². The maximum absolute atomic E-state index is 13.0. The SMILES string of the molecule is CCn1c(COC(=O)CCOc2ccccc2)nc2cc(S(=O)(=O)N3CCCCC3)ccc21. The fourth-order valence-corrected chi connectivity index (χ4v) is 5.56. The van der Waals surface area contributed by atoms with Crippen molar-refractivity contribution >= 4 is 27.0 Å². The Balaban J connectivity index is 1.42. The Morgan fingerprint density at radius 2 is 1.82 bits per heavy atom. The van der Waals surface area contributed by atoms with Gasteiger partial charge in [0, 0.05) is 19.6 Å². The number of esters is 1. The number of rotatable bonds is 9. The summed E-state index contributed by atoms with van der Waals surface area (Å²) < 4.78 is 40.5. The molecule has 4 rings (SSSR count). The summed E-state index contributed by atoms with van der Waals surface area (Å²) in [5.41, 5.74) is 1.39. The normalized spacial score (nSPS) is 14.9. The number of para-hydroxylation sites is 1. The Hall–Kier alpha value is -2.91. The van der Waals surface area contributed by atoms with Crippen molar-refractivity contribution in [3.63, 3.8) is 0 Å². The Morgan fingerprint density at radius 1 is 1.06 bits per heavy atom. The molecule has 0 unspecified atom stereocenters. The quantitative estimate of drug-likeness (QED) is 0.442. The van der Waals surface area contributed by atoms with Gasteiger partial charge in [-0.1, -0.05) is 24.6 Å². The van der Waals surface area contributed by atoms with Gasteiger partial charge in [0.05, 0.1) is 29.0 Å². The van der Waals surface area contributed by atoms with Crippen LogP contribution >= 0.6 is 0 Å². The number of hydrogen-bond acceptors (Lipinski definition) is 6. The summed E-state index contributed by atoms with van der Waals surface area (Å²) in [7, 11) is -3.54. The number of piperidine rings is 1. The third-order valence-corrected chi connectivity index (χ3v) is 7.64. The molecule has 176 valence electrons. The van der Waals surface area contributed by atoms with Crippen molar-refractivity contribution in [1.82, 2.24) is 13.9 Å². The second-order valence-corrected chi connectivity index (χ2v) is 9.90. The smallest absolute Gasteiger partial charge is 0.309 e. The van der Waals surface area contributed by atoms with Crippen LogP contribution in [-0.4, -0.2) is 47.9 Å². The van der Waals surface area contributed by atoms with E-state index < -0.39 is 10.0 Å². The molecule has 1 aliphatic heterocycles. The maximum atomic E-state index is 13.0. The molecule has 9 heteroatoms. The van der Waals surface area contributed by atoms with Gasteiger partial charge < -0.3 is 14.0 Å². The van der Waals surface area contributed by atoms with Crippen LogP contribution in [0.15, 0.2) is 53.4 Å². The number of nitrogens with zero attached hydrogens (tertiary/aromatic N) is 3. The molecule has 3 aromatic rings. The Bertz CT molecular complexity index is 1200. The van der Waals surface area contributed by atoms with Gasteiger partial charge in [-0.2, -0.15) is 4.31 Å². The number of sulfonamides is 1. The van der Waals surface area contributed by atoms with Crippen LogP contribution in [0.25, 0.3) is 11.0 Å². The predicted octanol–water partition coefficient (Wildman–Crippen LogP) is 3.74. The first-order chi connectivity index (χ1) is 16.0. The molecule has 2 heterocycles. The van der Waals surface area contributed by atoms with Crippen molar-refractivity contribution in [1.29, 1.82) is 0 Å². The highest BCUT2D eigenvalue weighted by Crippen LogP contribution is 2.25. The molecule has 0 atom stereocenters. The summed E-state index contributed by atoms with van der Waals surface area (Å²) in [6, 6.07) is 14.3. The van der Waals surface area contributed by atoms with E-state index in [9.17, 15) is 13.2 Å². The van der Waals surface area contributed by atoms with E-state index in [1.807, 2.05) is 41.8 Å². The molecule has 33 heavy (non-hydrogen) atoms. The summed E-state index contributed by atoms with van der Waals surface area (Å²) in [4.78, 5) is 17.0. The van der Waals surface area contributed by atoms with E-state index in [-0.39, 0.29) is 30.5 Å². The number of benzene rings is 2. The Morgan fingerprint density at radius 3 is 2.55 bits per heavy atom. The first-order valence-electron chi connectivity index (χ1n) is 11.3. The minimum atomic E-state index is -3.54. The van der Waals surface area contributed by atoms with Crippen molar-refractivity contribution in [3.05, 3.63) is 54.4 Å². The number of carbonyl (C=O) groups is 1. The minimum absolute atomic E-state index is 0.0148. The van der Waals surface area contributed by atoms with Gasteiger partial charge in [-0.25, -0.2) is 13.4 Å². The average Bonchev–Trinajstić information content (AvgIpc) is 3.20. The lowest BCUT2D eigenvalue weighted by molar-refractivity contribution is -0.145. The summed E-state index contributed by atoms with van der Waals surface area (Å²) in [5, 5.41) is 0. The average molecular weight is 472 g/mol. The van der Waals surface area contributed by atoms with Crippen LogP contribution in [0.4, 0.5) is 0 Å². The number of fused-ring (bicyclic) bond motifs is 1. The van der Waals surface area contributed by atoms with E-state index in [1.165, 1.54) is 0 Å². The Kier molecular flexibility index (Phi) is 7.29. The standard InChI is InChI=1S/C24H29N3O5S/c1-2-27-22-12-11-20(33(29,30)26-14-7-4-8-15-26)17-21(22)25-23(27)18-32-24(28)13-16-31-19-9-5-3-6-10-19/h3,5-6,9-12,17H,2,4,7-8,13-16,18H2,1H3. The van der Waals surface area contributed by atoms with E-state index in [1.54, 1.807) is 22.5 Å². The van der Waals surface area contributed by atoms with Crippen molar-refractivity contribution in [2.45, 2.75) is 50.7 Å². The lowest BCUT2D eigenvalue weighted by atomic mass is 10.2. The number of aromatic nitrogens is 2. The molecular weight excluding hydrogens is 442 g/mol. The van der Waals surface area contributed by atoms with Crippen molar-refractivity contribution in [2.24, 2.45) is 0 Å². The van der Waals surface area contributed by atoms with Crippen LogP contribution in [-0.2, 0) is 32.7 Å². The summed E-state index contributed by atoms with van der Waals surface area (Å²) in [5.74, 6) is 0.903. The summed E-state index contributed by atoms with van der Waals surface area (Å²) in [6.45, 7) is 3.95. The van der Waals surface area contributed by atoms with E-state index in [0.717, 1.165) is 24.8 Å². The van der Waals surface area contributed by atoms with Gasteiger partial charge in [-0.3, -0.25) is 4.79 Å². The zero-order chi connectivity index (χ0) is 23.3. The topological polar surface area (TPSA) is 90.7 Å². The molecular formula is C24H29N3O5S. The lowest BCUT2D eigenvalue weighted by Crippen LogP contribution is -2.35. The highest BCUT2D eigenvalue weighted by molar-refractivity contribution is 7.89. The number of carbonyl (C=O) groups excluding carboxylic acids is 1. The molecule has 0 amide bonds. The zero-order valence-corrected chi connectivity index (χ0v) is 19.6. The van der Waals surface area contributed by atoms with Gasteiger partial charge in [0.15, 0.2) is 0 Å². The minimum Gasteiger partial charge on any atom is -0.493 e. The molecule has 0 radical (unpaired) electrons. The summed E-state index contributed by atoms with van der Waals surface area (Å²) in [6.07, 6.45) is 2.96. The van der Waals surface area contributed by atoms with E-state index >= 15 is 0 Å². The van der Waals surface area contributed by atoms with Crippen LogP contribution in [0.1, 0.15) is 38.4 Å². The largest absolute Gasteiger partial charge is 0.493 e. The van der Waals surface area contributed by atoms with Gasteiger partial charge in [0.2, 0.25) is 10.0 Å². The number of imidazole rings is 1. The van der Waals surface area contributed by atoms with Crippen molar-refractivity contribution in [3.8, 4) is 5.75 Å². The monoisotopic (exact) mass is 471 g/mol. The van der Waals surface area contributed by atoms with Gasteiger partial charge in [0.1, 0.15) is 18.2 Å². The van der Waals surface area contributed by atoms with Crippen molar-refractivity contribution < 1.29 is 22.7 Å². The molecule has 2 aromatic carbocycles. The zero-order valence-electron chi connectivity index (χ0n) is 18.8. The first kappa shape index (κ1) is 23.3. The maximum Gasteiger partial charge on any atom is 0.309 e. The lowest BCUT2D eigenvalue weighted by Gasteiger charge is -2.25. The van der Waals surface area contributed by atoms with Crippen molar-refractivity contribution in [2.75, 3.05) is 19.7 Å². The number of ether oxygens (including phenoxy) is 2. The van der Waals surface area contributed by atoms with Crippen LogP contribution < -0.4 is 4.74 Å². The molecule has 1 aliphatic rings. The van der Waals surface area contributed by atoms with E-state index in [2.05, 4.69) is 4.98 Å². The third kappa shape index (κ3) is 5.36. The molecule has 0 N–H and O–H groups in total. The van der Waals surface area contributed by atoms with Gasteiger partial charge in [-0.05, 0) is 50.1 Å². The van der Waals surface area contributed by atoms with Gasteiger partial charge in [0.25, 0.3) is 0 Å². The summed E-state index contributed by atoms with van der Waals surface area (Å²) >= 11 is 0. The molecule has 0 bridgehead atoms. The second kappa shape index (κ2) is 10.4. The molecule has 1 saturated heterocycles. The van der Waals surface area contributed by atoms with E-state index in [4.69, 9.17) is 9.47 Å².